The topological polar surface area (TPSA) is 12.9 Å². The molecule has 0 saturated heterocycles. The SMILES string of the molecule is Brc1nc2c(Br)ccc(Br)c2s1. The van der Waals surface area contributed by atoms with Gasteiger partial charge >= 0.3 is 0 Å². The molecule has 0 amide bonds. The van der Waals surface area contributed by atoms with E-state index in [0.717, 1.165) is 23.1 Å². The first-order valence-electron chi connectivity index (χ1n) is 3.08. The van der Waals surface area contributed by atoms with E-state index in [4.69, 9.17) is 0 Å². The predicted octanol–water partition coefficient (Wildman–Crippen LogP) is 4.58. The highest BCUT2D eigenvalue weighted by Crippen LogP contribution is 2.35. The Labute approximate surface area is 98.6 Å². The lowest BCUT2D eigenvalue weighted by molar-refractivity contribution is 1.44. The van der Waals surface area contributed by atoms with Crippen LogP contribution in [0.1, 0.15) is 0 Å². The number of nitrogens with zero attached hydrogens (tertiary/aromatic N) is 1. The number of rotatable bonds is 0. The van der Waals surface area contributed by atoms with Gasteiger partial charge in [0.15, 0.2) is 3.92 Å². The highest BCUT2D eigenvalue weighted by atomic mass is 79.9. The molecular weight excluding hydrogens is 370 g/mol. The number of fused-ring (bicyclic) bond motifs is 1. The molecule has 2 aromatic rings. The smallest absolute Gasteiger partial charge is 0.160 e. The first-order valence-corrected chi connectivity index (χ1v) is 6.28. The van der Waals surface area contributed by atoms with E-state index in [2.05, 4.69) is 52.8 Å². The van der Waals surface area contributed by atoms with Crippen molar-refractivity contribution < 1.29 is 0 Å². The maximum absolute atomic E-state index is 4.33. The van der Waals surface area contributed by atoms with E-state index < -0.39 is 0 Å². The molecule has 62 valence electrons. The molecule has 0 unspecified atom stereocenters. The van der Waals surface area contributed by atoms with Crippen molar-refractivity contribution in [2.45, 2.75) is 0 Å². The second-order valence-electron chi connectivity index (χ2n) is 2.17. The van der Waals surface area contributed by atoms with Gasteiger partial charge in [-0.2, -0.15) is 0 Å². The van der Waals surface area contributed by atoms with Gasteiger partial charge in [-0.25, -0.2) is 4.98 Å². The fourth-order valence-electron chi connectivity index (χ4n) is 0.919. The minimum Gasteiger partial charge on any atom is -0.228 e. The van der Waals surface area contributed by atoms with Crippen LogP contribution in [0.4, 0.5) is 0 Å². The van der Waals surface area contributed by atoms with Crippen molar-refractivity contribution in [2.24, 2.45) is 0 Å². The quantitative estimate of drug-likeness (QED) is 0.660. The summed E-state index contributed by atoms with van der Waals surface area (Å²) in [5.74, 6) is 0. The van der Waals surface area contributed by atoms with Gasteiger partial charge in [-0.05, 0) is 59.9 Å². The van der Waals surface area contributed by atoms with Crippen molar-refractivity contribution >= 4 is 69.3 Å². The Morgan fingerprint density at radius 3 is 2.42 bits per heavy atom. The van der Waals surface area contributed by atoms with Crippen LogP contribution in [0.25, 0.3) is 10.2 Å². The summed E-state index contributed by atoms with van der Waals surface area (Å²) in [7, 11) is 0. The fourth-order valence-corrected chi connectivity index (χ4v) is 3.42. The van der Waals surface area contributed by atoms with Crippen LogP contribution >= 0.6 is 59.1 Å². The lowest BCUT2D eigenvalue weighted by Gasteiger charge is -1.93. The molecule has 1 aromatic heterocycles. The van der Waals surface area contributed by atoms with Crippen molar-refractivity contribution in [1.82, 2.24) is 4.98 Å². The number of benzene rings is 1. The highest BCUT2D eigenvalue weighted by molar-refractivity contribution is 9.11. The standard InChI is InChI=1S/C7H2Br3NS/c8-3-1-2-4(9)6-5(3)11-7(10)12-6/h1-2H. The molecular formula is C7H2Br3NS. The molecule has 0 fully saturated rings. The largest absolute Gasteiger partial charge is 0.228 e. The summed E-state index contributed by atoms with van der Waals surface area (Å²) >= 11 is 11.9. The molecule has 12 heavy (non-hydrogen) atoms. The predicted molar refractivity (Wildman–Crippen MR) is 62.7 cm³/mol. The second-order valence-corrected chi connectivity index (χ2v) is 6.16. The number of aromatic nitrogens is 1. The second kappa shape index (κ2) is 3.36. The molecule has 0 bridgehead atoms. The van der Waals surface area contributed by atoms with Gasteiger partial charge in [0, 0.05) is 8.95 Å². The summed E-state index contributed by atoms with van der Waals surface area (Å²) in [5.41, 5.74) is 1.00. The zero-order valence-corrected chi connectivity index (χ0v) is 11.2. The minimum atomic E-state index is 0.908. The van der Waals surface area contributed by atoms with E-state index in [9.17, 15) is 0 Å². The molecule has 0 aliphatic heterocycles. The van der Waals surface area contributed by atoms with Crippen LogP contribution in [0.5, 0.6) is 0 Å². The zero-order chi connectivity index (χ0) is 8.72. The average molecular weight is 372 g/mol. The fraction of sp³-hybridized carbons (Fsp3) is 0. The summed E-state index contributed by atoms with van der Waals surface area (Å²) in [6, 6.07) is 4.00. The van der Waals surface area contributed by atoms with Crippen molar-refractivity contribution in [3.8, 4) is 0 Å². The van der Waals surface area contributed by atoms with E-state index >= 15 is 0 Å². The third kappa shape index (κ3) is 1.47. The van der Waals surface area contributed by atoms with Crippen molar-refractivity contribution in [3.05, 3.63) is 25.0 Å². The molecule has 1 nitrogen and oxygen atoms in total. The van der Waals surface area contributed by atoms with Gasteiger partial charge in [0.05, 0.1) is 10.2 Å². The summed E-state index contributed by atoms with van der Waals surface area (Å²) in [4.78, 5) is 4.33. The van der Waals surface area contributed by atoms with Gasteiger partial charge in [-0.1, -0.05) is 0 Å². The first-order chi connectivity index (χ1) is 5.68. The van der Waals surface area contributed by atoms with Crippen LogP contribution < -0.4 is 0 Å². The first kappa shape index (κ1) is 9.12. The Morgan fingerprint density at radius 2 is 1.75 bits per heavy atom. The molecule has 1 heterocycles. The van der Waals surface area contributed by atoms with Gasteiger partial charge in [-0.3, -0.25) is 0 Å². The number of thiazole rings is 1. The van der Waals surface area contributed by atoms with E-state index in [0.29, 0.717) is 0 Å². The Morgan fingerprint density at radius 1 is 1.08 bits per heavy atom. The number of hydrogen-bond acceptors (Lipinski definition) is 2. The third-order valence-electron chi connectivity index (χ3n) is 1.42. The Hall–Kier alpha value is 0.550. The van der Waals surface area contributed by atoms with Gasteiger partial charge < -0.3 is 0 Å². The molecule has 0 N–H and O–H groups in total. The Kier molecular flexibility index (Phi) is 2.56. The lowest BCUT2D eigenvalue weighted by Crippen LogP contribution is -1.71. The van der Waals surface area contributed by atoms with Crippen LogP contribution in [0.15, 0.2) is 25.0 Å². The van der Waals surface area contributed by atoms with Gasteiger partial charge in [-0.15, -0.1) is 11.3 Å². The summed E-state index contributed by atoms with van der Waals surface area (Å²) in [6.07, 6.45) is 0. The molecule has 1 aromatic carbocycles. The molecule has 0 spiro atoms. The minimum absolute atomic E-state index is 0.908. The molecule has 0 atom stereocenters. The van der Waals surface area contributed by atoms with E-state index in [1.807, 2.05) is 12.1 Å². The van der Waals surface area contributed by atoms with E-state index in [1.165, 1.54) is 0 Å². The van der Waals surface area contributed by atoms with Gasteiger partial charge in [0.2, 0.25) is 0 Å². The van der Waals surface area contributed by atoms with Crippen LogP contribution in [-0.4, -0.2) is 4.98 Å². The molecule has 0 saturated carbocycles. The van der Waals surface area contributed by atoms with Crippen molar-refractivity contribution in [2.75, 3.05) is 0 Å². The maximum Gasteiger partial charge on any atom is 0.160 e. The van der Waals surface area contributed by atoms with Crippen LogP contribution in [0.2, 0.25) is 0 Å². The van der Waals surface area contributed by atoms with Gasteiger partial charge in [0.1, 0.15) is 0 Å². The van der Waals surface area contributed by atoms with E-state index in [1.54, 1.807) is 11.3 Å². The van der Waals surface area contributed by atoms with Crippen LogP contribution in [0.3, 0.4) is 0 Å². The Balaban J connectivity index is 2.93. The third-order valence-corrected chi connectivity index (χ3v) is 4.52. The van der Waals surface area contributed by atoms with Crippen LogP contribution in [-0.2, 0) is 0 Å². The maximum atomic E-state index is 4.33. The van der Waals surface area contributed by atoms with Crippen molar-refractivity contribution in [3.63, 3.8) is 0 Å². The Bertz CT molecular complexity index is 398. The summed E-state index contributed by atoms with van der Waals surface area (Å²) < 4.78 is 4.19. The lowest BCUT2D eigenvalue weighted by atomic mass is 10.3. The number of halogens is 3. The van der Waals surface area contributed by atoms with Crippen LogP contribution in [0, 0.1) is 0 Å². The van der Waals surface area contributed by atoms with E-state index in [-0.39, 0.29) is 0 Å². The summed E-state index contributed by atoms with van der Waals surface area (Å²) in [6.45, 7) is 0. The molecule has 0 radical (unpaired) electrons. The average Bonchev–Trinajstić information content (AvgIpc) is 2.41. The molecule has 0 aliphatic rings. The monoisotopic (exact) mass is 369 g/mol. The molecule has 2 rings (SSSR count). The zero-order valence-electron chi connectivity index (χ0n) is 5.64. The molecule has 0 aliphatic carbocycles. The van der Waals surface area contributed by atoms with Crippen molar-refractivity contribution in [1.29, 1.82) is 0 Å². The molecule has 5 heteroatoms. The number of hydrogen-bond donors (Lipinski definition) is 0. The normalized spacial score (nSPS) is 10.9. The van der Waals surface area contributed by atoms with Gasteiger partial charge in [0.25, 0.3) is 0 Å². The summed E-state index contributed by atoms with van der Waals surface area (Å²) in [5, 5.41) is 0. The highest BCUT2D eigenvalue weighted by Gasteiger charge is 2.07.